The number of aliphatic hydroxyl groups is 1. The number of rotatable bonds is 9. The Kier molecular flexibility index (Phi) is 7.35. The van der Waals surface area contributed by atoms with E-state index in [9.17, 15) is 19.5 Å². The van der Waals surface area contributed by atoms with Gasteiger partial charge in [0.2, 0.25) is 5.91 Å². The van der Waals surface area contributed by atoms with Crippen molar-refractivity contribution >= 4 is 23.5 Å². The van der Waals surface area contributed by atoms with E-state index in [0.717, 1.165) is 16.8 Å². The Morgan fingerprint density at radius 3 is 2.51 bits per heavy atom. The molecular formula is C31H36N2O6. The number of carbonyl (C=O) groups is 3. The molecule has 3 aliphatic heterocycles. The summed E-state index contributed by atoms with van der Waals surface area (Å²) in [5.41, 5.74) is 2.08. The van der Waals surface area contributed by atoms with E-state index in [2.05, 4.69) is 6.58 Å². The maximum Gasteiger partial charge on any atom is 0.312 e. The highest BCUT2D eigenvalue weighted by Crippen LogP contribution is 2.60. The maximum atomic E-state index is 14.8. The normalized spacial score (nSPS) is 27.8. The summed E-state index contributed by atoms with van der Waals surface area (Å²) in [6.45, 7) is 9.53. The Labute approximate surface area is 229 Å². The molecule has 5 rings (SSSR count). The lowest BCUT2D eigenvalue weighted by molar-refractivity contribution is -0.155. The van der Waals surface area contributed by atoms with Crippen molar-refractivity contribution in [2.75, 3.05) is 24.7 Å². The molecule has 0 aliphatic carbocycles. The average Bonchev–Trinajstić information content (AvgIpc) is 3.57. The summed E-state index contributed by atoms with van der Waals surface area (Å²) in [5.74, 6) is -2.83. The van der Waals surface area contributed by atoms with Crippen molar-refractivity contribution in [1.29, 1.82) is 0 Å². The summed E-state index contributed by atoms with van der Waals surface area (Å²) in [5, 5.41) is 10.6. The first-order valence-electron chi connectivity index (χ1n) is 13.6. The van der Waals surface area contributed by atoms with E-state index >= 15 is 0 Å². The van der Waals surface area contributed by atoms with E-state index < -0.39 is 41.6 Å². The van der Waals surface area contributed by atoms with Gasteiger partial charge in [-0.3, -0.25) is 14.4 Å². The lowest BCUT2D eigenvalue weighted by Crippen LogP contribution is -2.57. The standard InChI is InChI=1S/C31H36N2O6/c1-5-17-32(26-19(3)11-10-12-20(26)4)29(36)27-31-16-15-23(39-31)24(30(37)38-6-2)25(31)28(35)33(27)22(18-34)21-13-8-7-9-14-21/h5,7-14,22-25,27,34H,1,6,15-18H2,2-4H3/t22-,23-,24+,25+,27?,31?/m1/s1. The first kappa shape index (κ1) is 27.1. The first-order valence-corrected chi connectivity index (χ1v) is 13.6. The molecule has 3 fully saturated rings. The van der Waals surface area contributed by atoms with Gasteiger partial charge in [0.15, 0.2) is 0 Å². The van der Waals surface area contributed by atoms with Gasteiger partial charge in [0, 0.05) is 12.2 Å². The van der Waals surface area contributed by atoms with Crippen LogP contribution in [0.25, 0.3) is 0 Å². The molecule has 8 heteroatoms. The second-order valence-electron chi connectivity index (χ2n) is 10.6. The second-order valence-corrected chi connectivity index (χ2v) is 10.6. The van der Waals surface area contributed by atoms with Crippen LogP contribution in [0, 0.1) is 25.7 Å². The van der Waals surface area contributed by atoms with Crippen LogP contribution >= 0.6 is 0 Å². The predicted octanol–water partition coefficient (Wildman–Crippen LogP) is 3.49. The molecule has 8 nitrogen and oxygen atoms in total. The third-order valence-corrected chi connectivity index (χ3v) is 8.51. The van der Waals surface area contributed by atoms with Crippen LogP contribution in [0.3, 0.4) is 0 Å². The van der Waals surface area contributed by atoms with Crippen molar-refractivity contribution in [1.82, 2.24) is 4.90 Å². The molecule has 3 aliphatic rings. The number of anilines is 1. The molecule has 2 aromatic rings. The number of aryl methyl sites for hydroxylation is 2. The number of ether oxygens (including phenoxy) is 2. The van der Waals surface area contributed by atoms with Gasteiger partial charge < -0.3 is 24.4 Å². The average molecular weight is 533 g/mol. The summed E-state index contributed by atoms with van der Waals surface area (Å²) >= 11 is 0. The van der Waals surface area contributed by atoms with Crippen molar-refractivity contribution in [3.8, 4) is 0 Å². The van der Waals surface area contributed by atoms with Crippen molar-refractivity contribution in [2.45, 2.75) is 57.4 Å². The molecule has 0 saturated carbocycles. The molecule has 2 bridgehead atoms. The molecule has 6 atom stereocenters. The molecule has 1 spiro atoms. The summed E-state index contributed by atoms with van der Waals surface area (Å²) in [4.78, 5) is 45.4. The number of hydrogen-bond acceptors (Lipinski definition) is 6. The fourth-order valence-corrected chi connectivity index (χ4v) is 7.04. The van der Waals surface area contributed by atoms with Crippen molar-refractivity contribution in [3.05, 3.63) is 77.9 Å². The predicted molar refractivity (Wildman–Crippen MR) is 146 cm³/mol. The van der Waals surface area contributed by atoms with Crippen LogP contribution in [0.5, 0.6) is 0 Å². The van der Waals surface area contributed by atoms with E-state index in [4.69, 9.17) is 9.47 Å². The molecule has 3 saturated heterocycles. The van der Waals surface area contributed by atoms with Gasteiger partial charge in [-0.2, -0.15) is 0 Å². The number of carbonyl (C=O) groups excluding carboxylic acids is 3. The number of benzene rings is 2. The van der Waals surface area contributed by atoms with E-state index in [-0.39, 0.29) is 31.6 Å². The van der Waals surface area contributed by atoms with E-state index in [1.807, 2.05) is 62.4 Å². The number of para-hydroxylation sites is 1. The van der Waals surface area contributed by atoms with Gasteiger partial charge in [0.1, 0.15) is 11.6 Å². The van der Waals surface area contributed by atoms with Gasteiger partial charge in [0.25, 0.3) is 5.91 Å². The lowest BCUT2D eigenvalue weighted by atomic mass is 9.70. The largest absolute Gasteiger partial charge is 0.466 e. The third-order valence-electron chi connectivity index (χ3n) is 8.51. The van der Waals surface area contributed by atoms with Crippen LogP contribution < -0.4 is 4.90 Å². The molecule has 3 heterocycles. The Morgan fingerprint density at radius 2 is 1.90 bits per heavy atom. The number of fused-ring (bicyclic) bond motifs is 1. The number of hydrogen-bond donors (Lipinski definition) is 1. The van der Waals surface area contributed by atoms with Gasteiger partial charge >= 0.3 is 5.97 Å². The quantitative estimate of drug-likeness (QED) is 0.392. The Morgan fingerprint density at radius 1 is 1.21 bits per heavy atom. The topological polar surface area (TPSA) is 96.4 Å². The molecule has 206 valence electrons. The van der Waals surface area contributed by atoms with Gasteiger partial charge in [-0.15, -0.1) is 6.58 Å². The fourth-order valence-electron chi connectivity index (χ4n) is 7.04. The molecule has 39 heavy (non-hydrogen) atoms. The van der Waals surface area contributed by atoms with E-state index in [1.165, 1.54) is 4.90 Å². The Hall–Kier alpha value is -3.49. The SMILES string of the molecule is C=CCN(C(=O)C1N([C@H](CO)c2ccccc2)C(=O)[C@@H]2[C@@H](C(=O)OCC)[C@H]3CCC12O3)c1c(C)cccc1C. The summed E-state index contributed by atoms with van der Waals surface area (Å²) in [6.07, 6.45) is 2.17. The number of esters is 1. The highest BCUT2D eigenvalue weighted by atomic mass is 16.6. The zero-order valence-corrected chi connectivity index (χ0v) is 22.7. The van der Waals surface area contributed by atoms with E-state index in [0.29, 0.717) is 18.4 Å². The van der Waals surface area contributed by atoms with Gasteiger partial charge in [-0.25, -0.2) is 0 Å². The fraction of sp³-hybridized carbons (Fsp3) is 0.452. The molecule has 2 amide bonds. The van der Waals surface area contributed by atoms with Crippen molar-refractivity contribution in [2.24, 2.45) is 11.8 Å². The Balaban J connectivity index is 1.67. The second kappa shape index (κ2) is 10.6. The highest BCUT2D eigenvalue weighted by Gasteiger charge is 2.75. The number of likely N-dealkylation sites (tertiary alicyclic amines) is 1. The minimum atomic E-state index is -1.20. The van der Waals surface area contributed by atoms with Gasteiger partial charge in [-0.05, 0) is 50.3 Å². The number of amides is 2. The van der Waals surface area contributed by atoms with Crippen LogP contribution in [0.4, 0.5) is 5.69 Å². The maximum absolute atomic E-state index is 14.8. The lowest BCUT2D eigenvalue weighted by Gasteiger charge is -2.40. The van der Waals surface area contributed by atoms with Gasteiger partial charge in [-0.1, -0.05) is 54.6 Å². The Bertz CT molecular complexity index is 1260. The highest BCUT2D eigenvalue weighted by molar-refractivity contribution is 6.05. The number of nitrogens with zero attached hydrogens (tertiary/aromatic N) is 2. The van der Waals surface area contributed by atoms with Crippen LogP contribution in [0.15, 0.2) is 61.2 Å². The molecular weight excluding hydrogens is 496 g/mol. The summed E-state index contributed by atoms with van der Waals surface area (Å²) in [7, 11) is 0. The van der Waals surface area contributed by atoms with E-state index in [1.54, 1.807) is 17.9 Å². The summed E-state index contributed by atoms with van der Waals surface area (Å²) < 4.78 is 11.9. The number of aliphatic hydroxyl groups excluding tert-OH is 1. The third kappa shape index (κ3) is 4.17. The van der Waals surface area contributed by atoms with Crippen LogP contribution in [0.2, 0.25) is 0 Å². The van der Waals surface area contributed by atoms with Crippen LogP contribution in [0.1, 0.15) is 42.5 Å². The minimum absolute atomic E-state index is 0.186. The minimum Gasteiger partial charge on any atom is -0.466 e. The zero-order valence-electron chi connectivity index (χ0n) is 22.7. The van der Waals surface area contributed by atoms with Gasteiger partial charge in [0.05, 0.1) is 37.2 Å². The van der Waals surface area contributed by atoms with Crippen LogP contribution in [-0.4, -0.2) is 65.3 Å². The zero-order chi connectivity index (χ0) is 27.9. The molecule has 1 N–H and O–H groups in total. The van der Waals surface area contributed by atoms with Crippen molar-refractivity contribution < 1.29 is 29.0 Å². The molecule has 2 aromatic carbocycles. The van der Waals surface area contributed by atoms with Crippen LogP contribution in [-0.2, 0) is 23.9 Å². The molecule has 2 unspecified atom stereocenters. The van der Waals surface area contributed by atoms with Crippen molar-refractivity contribution in [3.63, 3.8) is 0 Å². The molecule has 0 radical (unpaired) electrons. The molecule has 0 aromatic heterocycles. The monoisotopic (exact) mass is 532 g/mol. The summed E-state index contributed by atoms with van der Waals surface area (Å²) in [6, 6.07) is 13.2. The first-order chi connectivity index (χ1) is 18.8. The smallest absolute Gasteiger partial charge is 0.312 e.